The lowest BCUT2D eigenvalue weighted by atomic mass is 10.1. The highest BCUT2D eigenvalue weighted by molar-refractivity contribution is 8.01. The molecule has 1 heterocycles. The van der Waals surface area contributed by atoms with Gasteiger partial charge in [0.05, 0.1) is 22.6 Å². The number of carbonyl (C=O) groups excluding carboxylic acids is 1. The van der Waals surface area contributed by atoms with Crippen molar-refractivity contribution >= 4 is 29.0 Å². The minimum absolute atomic E-state index is 0.0432. The molecular weight excluding hydrogens is 290 g/mol. The first-order chi connectivity index (χ1) is 9.78. The molecule has 0 unspecified atom stereocenters. The highest BCUT2D eigenvalue weighted by Gasteiger charge is 2.12. The molecule has 0 radical (unpaired) electrons. The van der Waals surface area contributed by atoms with Gasteiger partial charge in [-0.05, 0) is 23.4 Å². The first-order valence-corrected chi connectivity index (χ1v) is 8.25. The number of hydrogen-bond donors (Lipinski definition) is 2. The first-order valence-electron chi connectivity index (χ1n) is 6.38. The van der Waals surface area contributed by atoms with Crippen molar-refractivity contribution in [1.29, 1.82) is 0 Å². The smallest absolute Gasteiger partial charge is 0.230 e. The molecule has 3 nitrogen and oxygen atoms in total. The zero-order valence-electron chi connectivity index (χ0n) is 11.0. The molecule has 0 aliphatic carbocycles. The zero-order chi connectivity index (χ0) is 14.2. The highest BCUT2D eigenvalue weighted by atomic mass is 32.2. The van der Waals surface area contributed by atoms with E-state index >= 15 is 0 Å². The number of aliphatic hydroxyl groups excluding tert-OH is 1. The molecule has 2 N–H and O–H groups in total. The van der Waals surface area contributed by atoms with E-state index in [0.717, 1.165) is 9.77 Å². The molecule has 1 aromatic carbocycles. The lowest BCUT2D eigenvalue weighted by molar-refractivity contribution is -0.119. The van der Waals surface area contributed by atoms with Gasteiger partial charge in [0.15, 0.2) is 0 Å². The molecule has 1 atom stereocenters. The summed E-state index contributed by atoms with van der Waals surface area (Å²) in [5.74, 6) is 0.338. The van der Waals surface area contributed by atoms with Gasteiger partial charge in [-0.1, -0.05) is 36.4 Å². The molecule has 0 bridgehead atoms. The molecule has 0 saturated heterocycles. The molecule has 1 aromatic heterocycles. The molecule has 2 rings (SSSR count). The van der Waals surface area contributed by atoms with Crippen LogP contribution in [0.5, 0.6) is 0 Å². The Balaban J connectivity index is 1.79. The standard InChI is InChI=1S/C15H17NO2S2/c17-10-13(9-12-5-2-1-3-6-12)16-14(18)11-20-15-7-4-8-19-15/h1-8,13,17H,9-11H2,(H,16,18)/t13-/m0/s1. The van der Waals surface area contributed by atoms with Crippen LogP contribution in [0.2, 0.25) is 0 Å². The van der Waals surface area contributed by atoms with Gasteiger partial charge in [-0.2, -0.15) is 0 Å². The number of thiophene rings is 1. The van der Waals surface area contributed by atoms with Crippen LogP contribution in [0.1, 0.15) is 5.56 Å². The molecule has 106 valence electrons. The van der Waals surface area contributed by atoms with E-state index in [1.54, 1.807) is 11.3 Å². The second-order valence-corrected chi connectivity index (χ2v) is 6.58. The van der Waals surface area contributed by atoms with Crippen LogP contribution in [0.4, 0.5) is 0 Å². The summed E-state index contributed by atoms with van der Waals surface area (Å²) < 4.78 is 1.13. The van der Waals surface area contributed by atoms with E-state index in [1.807, 2.05) is 47.8 Å². The fraction of sp³-hybridized carbons (Fsp3) is 0.267. The highest BCUT2D eigenvalue weighted by Crippen LogP contribution is 2.22. The second kappa shape index (κ2) is 8.09. The Bertz CT molecular complexity index is 514. The van der Waals surface area contributed by atoms with E-state index in [1.165, 1.54) is 11.8 Å². The van der Waals surface area contributed by atoms with Gasteiger partial charge in [-0.25, -0.2) is 0 Å². The van der Waals surface area contributed by atoms with E-state index in [2.05, 4.69) is 5.32 Å². The lowest BCUT2D eigenvalue weighted by Crippen LogP contribution is -2.40. The Morgan fingerprint density at radius 2 is 2.05 bits per heavy atom. The third-order valence-corrected chi connectivity index (χ3v) is 4.88. The van der Waals surface area contributed by atoms with Crippen molar-refractivity contribution in [3.05, 3.63) is 53.4 Å². The van der Waals surface area contributed by atoms with Crippen LogP contribution < -0.4 is 5.32 Å². The summed E-state index contributed by atoms with van der Waals surface area (Å²) in [7, 11) is 0. The van der Waals surface area contributed by atoms with Gasteiger partial charge in [0.2, 0.25) is 5.91 Å². The maximum Gasteiger partial charge on any atom is 0.230 e. The maximum atomic E-state index is 11.9. The van der Waals surface area contributed by atoms with Crippen LogP contribution in [-0.4, -0.2) is 29.4 Å². The van der Waals surface area contributed by atoms with Crippen molar-refractivity contribution in [2.75, 3.05) is 12.4 Å². The molecule has 0 fully saturated rings. The Kier molecular flexibility index (Phi) is 6.11. The van der Waals surface area contributed by atoms with E-state index in [0.29, 0.717) is 12.2 Å². The average molecular weight is 307 g/mol. The molecule has 0 aliphatic rings. The summed E-state index contributed by atoms with van der Waals surface area (Å²) >= 11 is 3.14. The SMILES string of the molecule is O=C(CSc1cccs1)N[C@H](CO)Cc1ccccc1. The number of rotatable bonds is 7. The van der Waals surface area contributed by atoms with Gasteiger partial charge in [0.25, 0.3) is 0 Å². The van der Waals surface area contributed by atoms with Gasteiger partial charge in [0.1, 0.15) is 0 Å². The Labute approximate surface area is 127 Å². The summed E-state index contributed by atoms with van der Waals surface area (Å²) in [6.45, 7) is -0.0513. The number of amides is 1. The largest absolute Gasteiger partial charge is 0.394 e. The molecule has 0 aliphatic heterocycles. The van der Waals surface area contributed by atoms with E-state index in [9.17, 15) is 9.90 Å². The molecule has 0 spiro atoms. The normalized spacial score (nSPS) is 12.1. The third kappa shape index (κ3) is 5.00. The Hall–Kier alpha value is -1.30. The summed E-state index contributed by atoms with van der Waals surface area (Å²) in [4.78, 5) is 11.9. The lowest BCUT2D eigenvalue weighted by Gasteiger charge is -2.16. The average Bonchev–Trinajstić information content (AvgIpc) is 2.99. The summed E-state index contributed by atoms with van der Waals surface area (Å²) in [5.41, 5.74) is 1.11. The van der Waals surface area contributed by atoms with Crippen molar-refractivity contribution in [3.63, 3.8) is 0 Å². The summed E-state index contributed by atoms with van der Waals surface area (Å²) in [5, 5.41) is 14.2. The number of benzene rings is 1. The number of nitrogens with one attached hydrogen (secondary N) is 1. The maximum absolute atomic E-state index is 11.9. The van der Waals surface area contributed by atoms with Crippen molar-refractivity contribution in [1.82, 2.24) is 5.32 Å². The van der Waals surface area contributed by atoms with Crippen LogP contribution in [-0.2, 0) is 11.2 Å². The topological polar surface area (TPSA) is 49.3 Å². The van der Waals surface area contributed by atoms with Crippen LogP contribution >= 0.6 is 23.1 Å². The van der Waals surface area contributed by atoms with Crippen molar-refractivity contribution in [2.45, 2.75) is 16.7 Å². The fourth-order valence-electron chi connectivity index (χ4n) is 1.81. The number of aliphatic hydroxyl groups is 1. The van der Waals surface area contributed by atoms with Gasteiger partial charge in [-0.15, -0.1) is 23.1 Å². The van der Waals surface area contributed by atoms with Crippen molar-refractivity contribution < 1.29 is 9.90 Å². The second-order valence-electron chi connectivity index (χ2n) is 4.36. The summed E-state index contributed by atoms with van der Waals surface area (Å²) in [6.07, 6.45) is 0.646. The quantitative estimate of drug-likeness (QED) is 0.773. The van der Waals surface area contributed by atoms with Crippen molar-refractivity contribution in [2.24, 2.45) is 0 Å². The molecule has 5 heteroatoms. The minimum Gasteiger partial charge on any atom is -0.394 e. The third-order valence-electron chi connectivity index (χ3n) is 2.75. The van der Waals surface area contributed by atoms with E-state index in [4.69, 9.17) is 0 Å². The van der Waals surface area contributed by atoms with Gasteiger partial charge < -0.3 is 10.4 Å². The number of carbonyl (C=O) groups is 1. The molecule has 1 amide bonds. The van der Waals surface area contributed by atoms with Crippen LogP contribution in [0.25, 0.3) is 0 Å². The van der Waals surface area contributed by atoms with Crippen molar-refractivity contribution in [3.8, 4) is 0 Å². The number of hydrogen-bond acceptors (Lipinski definition) is 4. The fourth-order valence-corrected chi connectivity index (χ4v) is 3.41. The van der Waals surface area contributed by atoms with Gasteiger partial charge in [-0.3, -0.25) is 4.79 Å². The van der Waals surface area contributed by atoms with E-state index in [-0.39, 0.29) is 18.6 Å². The monoisotopic (exact) mass is 307 g/mol. The molecule has 20 heavy (non-hydrogen) atoms. The minimum atomic E-state index is -0.228. The van der Waals surface area contributed by atoms with Crippen LogP contribution in [0, 0.1) is 0 Å². The predicted molar refractivity (Wildman–Crippen MR) is 84.2 cm³/mol. The Morgan fingerprint density at radius 1 is 1.25 bits per heavy atom. The predicted octanol–water partition coefficient (Wildman–Crippen LogP) is 2.56. The van der Waals surface area contributed by atoms with E-state index < -0.39 is 0 Å². The number of thioether (sulfide) groups is 1. The van der Waals surface area contributed by atoms with Gasteiger partial charge >= 0.3 is 0 Å². The first kappa shape index (κ1) is 15.1. The van der Waals surface area contributed by atoms with Gasteiger partial charge in [0, 0.05) is 0 Å². The molecule has 2 aromatic rings. The molecule has 0 saturated carbocycles. The Morgan fingerprint density at radius 3 is 2.70 bits per heavy atom. The molecular formula is C15H17NO2S2. The van der Waals surface area contributed by atoms with Crippen LogP contribution in [0.3, 0.4) is 0 Å². The van der Waals surface area contributed by atoms with Crippen LogP contribution in [0.15, 0.2) is 52.1 Å². The zero-order valence-corrected chi connectivity index (χ0v) is 12.6. The summed E-state index contributed by atoms with van der Waals surface area (Å²) in [6, 6.07) is 13.6.